The molecule has 2 unspecified atom stereocenters. The van der Waals surface area contributed by atoms with Crippen molar-refractivity contribution in [2.75, 3.05) is 0 Å². The van der Waals surface area contributed by atoms with E-state index in [2.05, 4.69) is 5.32 Å². The van der Waals surface area contributed by atoms with Crippen molar-refractivity contribution >= 4 is 5.91 Å². The van der Waals surface area contributed by atoms with Crippen LogP contribution in [0, 0.1) is 25.5 Å². The SMILES string of the molecule is Cc1cc(C)c(C(=O)NC(C)C(O)c2ccc(F)c(F)c2)o1. The van der Waals surface area contributed by atoms with Crippen molar-refractivity contribution in [2.45, 2.75) is 32.9 Å². The number of aliphatic hydroxyl groups is 1. The fourth-order valence-electron chi connectivity index (χ4n) is 2.20. The van der Waals surface area contributed by atoms with E-state index >= 15 is 0 Å². The number of nitrogens with one attached hydrogen (secondary N) is 1. The zero-order chi connectivity index (χ0) is 16.4. The Bertz CT molecular complexity index is 697. The number of aryl methyl sites for hydroxylation is 2. The molecule has 0 spiro atoms. The fraction of sp³-hybridized carbons (Fsp3) is 0.312. The molecule has 1 amide bonds. The second kappa shape index (κ2) is 6.27. The molecule has 0 saturated heterocycles. The summed E-state index contributed by atoms with van der Waals surface area (Å²) >= 11 is 0. The lowest BCUT2D eigenvalue weighted by Crippen LogP contribution is -2.37. The molecule has 2 aromatic rings. The van der Waals surface area contributed by atoms with Crippen LogP contribution in [0.3, 0.4) is 0 Å². The summed E-state index contributed by atoms with van der Waals surface area (Å²) in [5.41, 5.74) is 0.864. The van der Waals surface area contributed by atoms with Gasteiger partial charge in [-0.15, -0.1) is 0 Å². The number of rotatable bonds is 4. The van der Waals surface area contributed by atoms with Crippen molar-refractivity contribution in [3.8, 4) is 0 Å². The molecule has 4 nitrogen and oxygen atoms in total. The van der Waals surface area contributed by atoms with Crippen LogP contribution in [0.2, 0.25) is 0 Å². The van der Waals surface area contributed by atoms with E-state index in [1.807, 2.05) is 0 Å². The van der Waals surface area contributed by atoms with Crippen molar-refractivity contribution in [3.63, 3.8) is 0 Å². The van der Waals surface area contributed by atoms with Crippen molar-refractivity contribution in [1.82, 2.24) is 5.32 Å². The molecular weight excluding hydrogens is 292 g/mol. The molecular formula is C16H17F2NO3. The summed E-state index contributed by atoms with van der Waals surface area (Å²) in [5.74, 6) is -1.74. The van der Waals surface area contributed by atoms with Gasteiger partial charge < -0.3 is 14.8 Å². The van der Waals surface area contributed by atoms with Gasteiger partial charge in [0.05, 0.1) is 12.1 Å². The Balaban J connectivity index is 2.10. The minimum absolute atomic E-state index is 0.168. The van der Waals surface area contributed by atoms with E-state index in [1.165, 1.54) is 6.07 Å². The van der Waals surface area contributed by atoms with Gasteiger partial charge in [-0.25, -0.2) is 8.78 Å². The Morgan fingerprint density at radius 1 is 1.23 bits per heavy atom. The minimum Gasteiger partial charge on any atom is -0.456 e. The van der Waals surface area contributed by atoms with Crippen LogP contribution in [0.25, 0.3) is 0 Å². The molecule has 2 rings (SSSR count). The monoisotopic (exact) mass is 309 g/mol. The van der Waals surface area contributed by atoms with E-state index in [0.29, 0.717) is 11.3 Å². The maximum absolute atomic E-state index is 13.2. The Morgan fingerprint density at radius 3 is 2.45 bits per heavy atom. The minimum atomic E-state index is -1.17. The van der Waals surface area contributed by atoms with Crippen LogP contribution in [-0.2, 0) is 0 Å². The smallest absolute Gasteiger partial charge is 0.287 e. The molecule has 6 heteroatoms. The molecule has 0 aliphatic carbocycles. The number of amides is 1. The van der Waals surface area contributed by atoms with Gasteiger partial charge in [-0.3, -0.25) is 4.79 Å². The summed E-state index contributed by atoms with van der Waals surface area (Å²) in [5, 5.41) is 12.7. The number of aliphatic hydroxyl groups excluding tert-OH is 1. The lowest BCUT2D eigenvalue weighted by atomic mass is 10.0. The van der Waals surface area contributed by atoms with Crippen LogP contribution in [0.15, 0.2) is 28.7 Å². The summed E-state index contributed by atoms with van der Waals surface area (Å²) in [7, 11) is 0. The first kappa shape index (κ1) is 16.2. The van der Waals surface area contributed by atoms with Gasteiger partial charge in [-0.2, -0.15) is 0 Å². The number of halogens is 2. The van der Waals surface area contributed by atoms with Crippen LogP contribution in [0.5, 0.6) is 0 Å². The predicted octanol–water partition coefficient (Wildman–Crippen LogP) is 3.03. The third kappa shape index (κ3) is 3.33. The number of carbonyl (C=O) groups excluding carboxylic acids is 1. The van der Waals surface area contributed by atoms with Crippen LogP contribution < -0.4 is 5.32 Å². The van der Waals surface area contributed by atoms with Crippen molar-refractivity contribution in [3.05, 3.63) is 58.5 Å². The van der Waals surface area contributed by atoms with Crippen LogP contribution in [0.1, 0.15) is 40.5 Å². The average molecular weight is 309 g/mol. The first-order chi connectivity index (χ1) is 10.3. The summed E-state index contributed by atoms with van der Waals surface area (Å²) < 4.78 is 31.4. The Morgan fingerprint density at radius 2 is 1.91 bits per heavy atom. The average Bonchev–Trinajstić information content (AvgIpc) is 2.80. The van der Waals surface area contributed by atoms with Crippen molar-refractivity contribution in [2.24, 2.45) is 0 Å². The highest BCUT2D eigenvalue weighted by atomic mass is 19.2. The van der Waals surface area contributed by atoms with E-state index in [1.54, 1.807) is 26.8 Å². The van der Waals surface area contributed by atoms with Gasteiger partial charge in [-0.05, 0) is 44.5 Å². The van der Waals surface area contributed by atoms with E-state index < -0.39 is 29.7 Å². The van der Waals surface area contributed by atoms with E-state index in [0.717, 1.165) is 12.1 Å². The van der Waals surface area contributed by atoms with Gasteiger partial charge in [0, 0.05) is 5.56 Å². The second-order valence-electron chi connectivity index (χ2n) is 5.25. The normalized spacial score (nSPS) is 13.7. The molecule has 1 aromatic heterocycles. The number of furan rings is 1. The highest BCUT2D eigenvalue weighted by molar-refractivity contribution is 5.93. The fourth-order valence-corrected chi connectivity index (χ4v) is 2.20. The Kier molecular flexibility index (Phi) is 4.61. The molecule has 118 valence electrons. The largest absolute Gasteiger partial charge is 0.456 e. The molecule has 0 radical (unpaired) electrons. The zero-order valence-corrected chi connectivity index (χ0v) is 12.5. The Hall–Kier alpha value is -2.21. The molecule has 0 fully saturated rings. The van der Waals surface area contributed by atoms with Gasteiger partial charge in [-0.1, -0.05) is 6.07 Å². The lowest BCUT2D eigenvalue weighted by molar-refractivity contribution is 0.0823. The van der Waals surface area contributed by atoms with Crippen LogP contribution in [0.4, 0.5) is 8.78 Å². The van der Waals surface area contributed by atoms with Crippen molar-refractivity contribution < 1.29 is 23.1 Å². The number of hydrogen-bond acceptors (Lipinski definition) is 3. The van der Waals surface area contributed by atoms with Gasteiger partial charge >= 0.3 is 0 Å². The van der Waals surface area contributed by atoms with Crippen molar-refractivity contribution in [1.29, 1.82) is 0 Å². The third-order valence-electron chi connectivity index (χ3n) is 3.36. The zero-order valence-electron chi connectivity index (χ0n) is 12.5. The summed E-state index contributed by atoms with van der Waals surface area (Å²) in [6.07, 6.45) is -1.17. The van der Waals surface area contributed by atoms with Gasteiger partial charge in [0.1, 0.15) is 5.76 Å². The quantitative estimate of drug-likeness (QED) is 0.912. The van der Waals surface area contributed by atoms with E-state index in [9.17, 15) is 18.7 Å². The molecule has 0 aliphatic heterocycles. The maximum Gasteiger partial charge on any atom is 0.287 e. The first-order valence-electron chi connectivity index (χ1n) is 6.80. The van der Waals surface area contributed by atoms with Gasteiger partial charge in [0.15, 0.2) is 17.4 Å². The highest BCUT2D eigenvalue weighted by Gasteiger charge is 2.22. The lowest BCUT2D eigenvalue weighted by Gasteiger charge is -2.20. The van der Waals surface area contributed by atoms with Gasteiger partial charge in [0.2, 0.25) is 0 Å². The first-order valence-corrected chi connectivity index (χ1v) is 6.80. The van der Waals surface area contributed by atoms with E-state index in [4.69, 9.17) is 4.42 Å². The Labute approximate surface area is 126 Å². The summed E-state index contributed by atoms with van der Waals surface area (Å²) in [6, 6.07) is 4.13. The molecule has 1 heterocycles. The van der Waals surface area contributed by atoms with Crippen LogP contribution in [-0.4, -0.2) is 17.1 Å². The van der Waals surface area contributed by atoms with Crippen LogP contribution >= 0.6 is 0 Å². The maximum atomic E-state index is 13.2. The molecule has 0 bridgehead atoms. The van der Waals surface area contributed by atoms with Gasteiger partial charge in [0.25, 0.3) is 5.91 Å². The third-order valence-corrected chi connectivity index (χ3v) is 3.36. The molecule has 2 atom stereocenters. The number of benzene rings is 1. The molecule has 1 aromatic carbocycles. The topological polar surface area (TPSA) is 62.5 Å². The summed E-state index contributed by atoms with van der Waals surface area (Å²) in [6.45, 7) is 5.03. The molecule has 22 heavy (non-hydrogen) atoms. The molecule has 0 aliphatic rings. The molecule has 2 N–H and O–H groups in total. The predicted molar refractivity (Wildman–Crippen MR) is 76.4 cm³/mol. The standard InChI is InChI=1S/C16H17F2NO3/c1-8-6-9(2)22-15(8)16(21)19-10(3)14(20)11-4-5-12(17)13(18)7-11/h4-7,10,14,20H,1-3H3,(H,19,21). The van der Waals surface area contributed by atoms with E-state index in [-0.39, 0.29) is 11.3 Å². The summed E-state index contributed by atoms with van der Waals surface area (Å²) in [4.78, 5) is 12.1. The number of hydrogen-bond donors (Lipinski definition) is 2. The molecule has 0 saturated carbocycles. The second-order valence-corrected chi connectivity index (χ2v) is 5.25. The number of carbonyl (C=O) groups is 1. The highest BCUT2D eigenvalue weighted by Crippen LogP contribution is 2.20.